The van der Waals surface area contributed by atoms with E-state index in [0.29, 0.717) is 17.9 Å². The van der Waals surface area contributed by atoms with Crippen molar-refractivity contribution in [3.05, 3.63) is 82.0 Å². The van der Waals surface area contributed by atoms with E-state index in [2.05, 4.69) is 20.6 Å². The number of rotatable bonds is 5. The molecule has 0 unspecified atom stereocenters. The van der Waals surface area contributed by atoms with Gasteiger partial charge in [-0.15, -0.1) is 0 Å². The van der Waals surface area contributed by atoms with Gasteiger partial charge in [-0.2, -0.15) is 0 Å². The zero-order valence-electron chi connectivity index (χ0n) is 15.1. The highest BCUT2D eigenvalue weighted by molar-refractivity contribution is 5.89. The van der Waals surface area contributed by atoms with Gasteiger partial charge in [0.2, 0.25) is 5.75 Å². The second kappa shape index (κ2) is 8.18. The predicted octanol–water partition coefficient (Wildman–Crippen LogP) is 3.61. The lowest BCUT2D eigenvalue weighted by atomic mass is 10.1. The topological polar surface area (TPSA) is 96.1 Å². The summed E-state index contributed by atoms with van der Waals surface area (Å²) in [5.74, 6) is -0.0998. The van der Waals surface area contributed by atoms with Crippen LogP contribution in [0.4, 0.5) is 16.2 Å². The van der Waals surface area contributed by atoms with E-state index in [9.17, 15) is 9.59 Å². The SMILES string of the molecule is Cc1cccc(C)c1NC(=O)Oc1c(NCc2ccccn2)cc[nH]c1=O. The molecule has 2 aromatic heterocycles. The Morgan fingerprint density at radius 3 is 2.59 bits per heavy atom. The van der Waals surface area contributed by atoms with Gasteiger partial charge in [0.05, 0.1) is 17.9 Å². The van der Waals surface area contributed by atoms with Gasteiger partial charge in [0, 0.05) is 18.1 Å². The lowest BCUT2D eigenvalue weighted by Gasteiger charge is -2.13. The number of ether oxygens (including phenoxy) is 1. The molecule has 27 heavy (non-hydrogen) atoms. The van der Waals surface area contributed by atoms with Crippen LogP contribution in [0.1, 0.15) is 16.8 Å². The number of nitrogens with one attached hydrogen (secondary N) is 3. The van der Waals surface area contributed by atoms with Gasteiger partial charge in [-0.25, -0.2) is 4.79 Å². The summed E-state index contributed by atoms with van der Waals surface area (Å²) in [7, 11) is 0. The first-order chi connectivity index (χ1) is 13.0. The number of aromatic nitrogens is 2. The van der Waals surface area contributed by atoms with Crippen molar-refractivity contribution >= 4 is 17.5 Å². The molecule has 7 heteroatoms. The van der Waals surface area contributed by atoms with Crippen LogP contribution in [0.25, 0.3) is 0 Å². The fourth-order valence-electron chi connectivity index (χ4n) is 2.63. The van der Waals surface area contributed by atoms with Crippen LogP contribution in [0, 0.1) is 13.8 Å². The number of H-pyrrole nitrogens is 1. The van der Waals surface area contributed by atoms with Crippen LogP contribution >= 0.6 is 0 Å². The van der Waals surface area contributed by atoms with Gasteiger partial charge in [0.1, 0.15) is 0 Å². The van der Waals surface area contributed by atoms with Crippen molar-refractivity contribution in [2.75, 3.05) is 10.6 Å². The Morgan fingerprint density at radius 1 is 1.11 bits per heavy atom. The molecule has 1 aromatic carbocycles. The molecule has 3 N–H and O–H groups in total. The summed E-state index contributed by atoms with van der Waals surface area (Å²) in [4.78, 5) is 31.2. The highest BCUT2D eigenvalue weighted by Crippen LogP contribution is 2.22. The van der Waals surface area contributed by atoms with Crippen LogP contribution in [0.3, 0.4) is 0 Å². The summed E-state index contributed by atoms with van der Waals surface area (Å²) in [6, 6.07) is 12.9. The highest BCUT2D eigenvalue weighted by Gasteiger charge is 2.15. The number of nitrogens with zero attached hydrogens (tertiary/aromatic N) is 1. The molecule has 0 atom stereocenters. The number of carbonyl (C=O) groups excluding carboxylic acids is 1. The molecule has 0 radical (unpaired) electrons. The van der Waals surface area contributed by atoms with Gasteiger partial charge in [-0.1, -0.05) is 24.3 Å². The van der Waals surface area contributed by atoms with Crippen LogP contribution < -0.4 is 20.9 Å². The molecule has 0 spiro atoms. The van der Waals surface area contributed by atoms with E-state index in [1.54, 1.807) is 12.3 Å². The molecule has 0 aliphatic carbocycles. The lowest BCUT2D eigenvalue weighted by molar-refractivity contribution is 0.214. The molecular formula is C20H20N4O3. The van der Waals surface area contributed by atoms with Gasteiger partial charge < -0.3 is 15.0 Å². The van der Waals surface area contributed by atoms with E-state index < -0.39 is 11.7 Å². The number of pyridine rings is 2. The highest BCUT2D eigenvalue weighted by atomic mass is 16.6. The summed E-state index contributed by atoms with van der Waals surface area (Å²) in [6.45, 7) is 4.16. The smallest absolute Gasteiger partial charge is 0.402 e. The average molecular weight is 364 g/mol. The molecular weight excluding hydrogens is 344 g/mol. The second-order valence-electron chi connectivity index (χ2n) is 6.01. The van der Waals surface area contributed by atoms with Gasteiger partial charge in [-0.3, -0.25) is 15.1 Å². The number of hydrogen-bond donors (Lipinski definition) is 3. The normalized spacial score (nSPS) is 10.3. The number of benzene rings is 1. The first kappa shape index (κ1) is 18.2. The third kappa shape index (κ3) is 4.52. The molecule has 0 aliphatic rings. The zero-order valence-corrected chi connectivity index (χ0v) is 15.1. The summed E-state index contributed by atoms with van der Waals surface area (Å²) in [5.41, 5.74) is 3.17. The van der Waals surface area contributed by atoms with E-state index in [4.69, 9.17) is 4.74 Å². The molecule has 3 aromatic rings. The van der Waals surface area contributed by atoms with Crippen molar-refractivity contribution in [2.45, 2.75) is 20.4 Å². The zero-order chi connectivity index (χ0) is 19.2. The molecule has 0 saturated carbocycles. The molecule has 0 fully saturated rings. The summed E-state index contributed by atoms with van der Waals surface area (Å²) >= 11 is 0. The van der Waals surface area contributed by atoms with Crippen molar-refractivity contribution < 1.29 is 9.53 Å². The molecule has 138 valence electrons. The summed E-state index contributed by atoms with van der Waals surface area (Å²) in [6.07, 6.45) is 2.44. The second-order valence-corrected chi connectivity index (χ2v) is 6.01. The minimum atomic E-state index is -0.731. The molecule has 1 amide bonds. The summed E-state index contributed by atoms with van der Waals surface area (Å²) in [5, 5.41) is 5.78. The van der Waals surface area contributed by atoms with E-state index in [1.807, 2.05) is 50.2 Å². The standard InChI is InChI=1S/C20H20N4O3/c1-13-6-5-7-14(2)17(13)24-20(26)27-18-16(9-11-22-19(18)25)23-12-15-8-3-4-10-21-15/h3-11H,12H2,1-2H3,(H,24,26)(H2,22,23,25). The monoisotopic (exact) mass is 364 g/mol. The molecule has 7 nitrogen and oxygen atoms in total. The molecule has 2 heterocycles. The molecule has 0 aliphatic heterocycles. The maximum atomic E-state index is 12.3. The van der Waals surface area contributed by atoms with Gasteiger partial charge in [-0.05, 0) is 43.2 Å². The van der Waals surface area contributed by atoms with E-state index in [-0.39, 0.29) is 5.75 Å². The predicted molar refractivity (Wildman–Crippen MR) is 104 cm³/mol. The van der Waals surface area contributed by atoms with Crippen molar-refractivity contribution in [3.63, 3.8) is 0 Å². The first-order valence-corrected chi connectivity index (χ1v) is 8.45. The third-order valence-corrected chi connectivity index (χ3v) is 4.00. The van der Waals surface area contributed by atoms with Gasteiger partial charge in [0.25, 0.3) is 5.56 Å². The van der Waals surface area contributed by atoms with E-state index >= 15 is 0 Å². The number of aryl methyl sites for hydroxylation is 2. The van der Waals surface area contributed by atoms with Crippen molar-refractivity contribution in [1.29, 1.82) is 0 Å². The fourth-order valence-corrected chi connectivity index (χ4v) is 2.63. The number of amides is 1. The molecule has 0 bridgehead atoms. The van der Waals surface area contributed by atoms with Crippen LogP contribution in [0.2, 0.25) is 0 Å². The minimum absolute atomic E-state index is 0.0998. The average Bonchev–Trinajstić information content (AvgIpc) is 2.66. The Hall–Kier alpha value is -3.61. The Morgan fingerprint density at radius 2 is 1.89 bits per heavy atom. The number of anilines is 2. The van der Waals surface area contributed by atoms with Crippen molar-refractivity contribution in [1.82, 2.24) is 9.97 Å². The fraction of sp³-hybridized carbons (Fsp3) is 0.150. The number of aromatic amines is 1. The van der Waals surface area contributed by atoms with Crippen LogP contribution in [-0.4, -0.2) is 16.1 Å². The maximum Gasteiger partial charge on any atom is 0.417 e. The maximum absolute atomic E-state index is 12.3. The Labute approximate surface area is 156 Å². The number of para-hydroxylation sites is 1. The quantitative estimate of drug-likeness (QED) is 0.643. The van der Waals surface area contributed by atoms with Crippen LogP contribution in [-0.2, 0) is 6.54 Å². The number of hydrogen-bond acceptors (Lipinski definition) is 5. The van der Waals surface area contributed by atoms with Crippen molar-refractivity contribution in [3.8, 4) is 5.75 Å². The van der Waals surface area contributed by atoms with Gasteiger partial charge in [0.15, 0.2) is 0 Å². The largest absolute Gasteiger partial charge is 0.417 e. The lowest BCUT2D eigenvalue weighted by Crippen LogP contribution is -2.23. The van der Waals surface area contributed by atoms with E-state index in [1.165, 1.54) is 6.20 Å². The Bertz CT molecular complexity index is 979. The first-order valence-electron chi connectivity index (χ1n) is 8.45. The summed E-state index contributed by atoms with van der Waals surface area (Å²) < 4.78 is 5.30. The van der Waals surface area contributed by atoms with E-state index in [0.717, 1.165) is 16.8 Å². The Kier molecular flexibility index (Phi) is 5.51. The minimum Gasteiger partial charge on any atom is -0.402 e. The third-order valence-electron chi connectivity index (χ3n) is 4.00. The van der Waals surface area contributed by atoms with Crippen LogP contribution in [0.15, 0.2) is 59.7 Å². The van der Waals surface area contributed by atoms with Crippen molar-refractivity contribution in [2.24, 2.45) is 0 Å². The number of carbonyl (C=O) groups is 1. The Balaban J connectivity index is 1.76. The molecule has 3 rings (SSSR count). The van der Waals surface area contributed by atoms with Gasteiger partial charge >= 0.3 is 6.09 Å². The van der Waals surface area contributed by atoms with Crippen LogP contribution in [0.5, 0.6) is 5.75 Å². The molecule has 0 saturated heterocycles.